The van der Waals surface area contributed by atoms with Crippen LogP contribution in [0.1, 0.15) is 32.3 Å². The Morgan fingerprint density at radius 2 is 2.07 bits per heavy atom. The van der Waals surface area contributed by atoms with Gasteiger partial charge in [0.15, 0.2) is 0 Å². The number of aromatic nitrogens is 2. The van der Waals surface area contributed by atoms with Crippen LogP contribution in [0.4, 0.5) is 5.82 Å². The summed E-state index contributed by atoms with van der Waals surface area (Å²) in [5, 5.41) is 3.21. The van der Waals surface area contributed by atoms with Crippen molar-refractivity contribution in [2.45, 2.75) is 34.1 Å². The van der Waals surface area contributed by atoms with Gasteiger partial charge in [0.2, 0.25) is 0 Å². The average Bonchev–Trinajstić information content (AvgIpc) is 2.01. The highest BCUT2D eigenvalue weighted by Crippen LogP contribution is 2.09. The zero-order chi connectivity index (χ0) is 10.6. The first-order valence-corrected chi connectivity index (χ1v) is 5.20. The predicted octanol–water partition coefficient (Wildman–Crippen LogP) is 2.42. The Hall–Kier alpha value is -1.12. The van der Waals surface area contributed by atoms with Gasteiger partial charge >= 0.3 is 0 Å². The minimum atomic E-state index is 0.603. The topological polar surface area (TPSA) is 37.8 Å². The SMILES string of the molecule is CCNc1cc(C)nc(CC(C)C)n1. The molecule has 0 saturated heterocycles. The van der Waals surface area contributed by atoms with Crippen LogP contribution in [0.25, 0.3) is 0 Å². The van der Waals surface area contributed by atoms with Gasteiger partial charge in [-0.25, -0.2) is 9.97 Å². The second kappa shape index (κ2) is 4.94. The summed E-state index contributed by atoms with van der Waals surface area (Å²) in [6, 6.07) is 1.98. The molecule has 0 radical (unpaired) electrons. The molecular formula is C11H19N3. The molecule has 0 fully saturated rings. The van der Waals surface area contributed by atoms with Crippen LogP contribution in [0.5, 0.6) is 0 Å². The highest BCUT2D eigenvalue weighted by Gasteiger charge is 2.03. The van der Waals surface area contributed by atoms with Crippen LogP contribution in [-0.4, -0.2) is 16.5 Å². The van der Waals surface area contributed by atoms with Gasteiger partial charge in [0, 0.05) is 24.7 Å². The number of hydrogen-bond donors (Lipinski definition) is 1. The Bertz CT molecular complexity index is 295. The molecule has 3 nitrogen and oxygen atoms in total. The number of anilines is 1. The maximum atomic E-state index is 4.44. The van der Waals surface area contributed by atoms with Crippen molar-refractivity contribution in [3.8, 4) is 0 Å². The molecular weight excluding hydrogens is 174 g/mol. The van der Waals surface area contributed by atoms with E-state index in [-0.39, 0.29) is 0 Å². The molecule has 0 spiro atoms. The first-order chi connectivity index (χ1) is 6.61. The van der Waals surface area contributed by atoms with E-state index in [1.54, 1.807) is 0 Å². The van der Waals surface area contributed by atoms with Crippen LogP contribution in [0.3, 0.4) is 0 Å². The molecule has 0 amide bonds. The Kier molecular flexibility index (Phi) is 3.86. The van der Waals surface area contributed by atoms with Crippen LogP contribution >= 0.6 is 0 Å². The van der Waals surface area contributed by atoms with E-state index in [1.165, 1.54) is 0 Å². The van der Waals surface area contributed by atoms with E-state index < -0.39 is 0 Å². The lowest BCUT2D eigenvalue weighted by molar-refractivity contribution is 0.619. The summed E-state index contributed by atoms with van der Waals surface area (Å²) in [6.45, 7) is 9.33. The number of rotatable bonds is 4. The van der Waals surface area contributed by atoms with Gasteiger partial charge in [0.05, 0.1) is 0 Å². The smallest absolute Gasteiger partial charge is 0.131 e. The largest absolute Gasteiger partial charge is 0.370 e. The molecule has 3 heteroatoms. The normalized spacial score (nSPS) is 10.6. The maximum Gasteiger partial charge on any atom is 0.131 e. The summed E-state index contributed by atoms with van der Waals surface area (Å²) >= 11 is 0. The lowest BCUT2D eigenvalue weighted by Gasteiger charge is -2.08. The van der Waals surface area contributed by atoms with E-state index >= 15 is 0 Å². The minimum Gasteiger partial charge on any atom is -0.370 e. The molecule has 1 aromatic rings. The third kappa shape index (κ3) is 3.32. The lowest BCUT2D eigenvalue weighted by Crippen LogP contribution is -2.06. The quantitative estimate of drug-likeness (QED) is 0.798. The van der Waals surface area contributed by atoms with Gasteiger partial charge in [-0.1, -0.05) is 13.8 Å². The predicted molar refractivity (Wildman–Crippen MR) is 59.5 cm³/mol. The van der Waals surface area contributed by atoms with Crippen LogP contribution in [-0.2, 0) is 6.42 Å². The molecule has 1 aromatic heterocycles. The van der Waals surface area contributed by atoms with E-state index in [0.29, 0.717) is 5.92 Å². The van der Waals surface area contributed by atoms with Gasteiger partial charge in [-0.05, 0) is 19.8 Å². The van der Waals surface area contributed by atoms with Crippen LogP contribution in [0.2, 0.25) is 0 Å². The van der Waals surface area contributed by atoms with E-state index in [9.17, 15) is 0 Å². The molecule has 1 N–H and O–H groups in total. The van der Waals surface area contributed by atoms with Gasteiger partial charge in [-0.3, -0.25) is 0 Å². The second-order valence-electron chi connectivity index (χ2n) is 3.94. The van der Waals surface area contributed by atoms with Gasteiger partial charge in [0.1, 0.15) is 11.6 Å². The van der Waals surface area contributed by atoms with Crippen LogP contribution < -0.4 is 5.32 Å². The second-order valence-corrected chi connectivity index (χ2v) is 3.94. The molecule has 0 bridgehead atoms. The molecule has 0 aliphatic rings. The monoisotopic (exact) mass is 193 g/mol. The van der Waals surface area contributed by atoms with E-state index in [1.807, 2.05) is 13.0 Å². The fourth-order valence-corrected chi connectivity index (χ4v) is 1.36. The Morgan fingerprint density at radius 3 is 2.64 bits per heavy atom. The molecule has 0 unspecified atom stereocenters. The van der Waals surface area contributed by atoms with Gasteiger partial charge in [0.25, 0.3) is 0 Å². The van der Waals surface area contributed by atoms with Crippen molar-refractivity contribution < 1.29 is 0 Å². The molecule has 0 aliphatic carbocycles. The lowest BCUT2D eigenvalue weighted by atomic mass is 10.1. The van der Waals surface area contributed by atoms with E-state index in [2.05, 4.69) is 36.1 Å². The van der Waals surface area contributed by atoms with Crippen molar-refractivity contribution in [3.63, 3.8) is 0 Å². The molecule has 0 aromatic carbocycles. The number of nitrogens with one attached hydrogen (secondary N) is 1. The third-order valence-corrected chi connectivity index (χ3v) is 1.85. The number of hydrogen-bond acceptors (Lipinski definition) is 3. The molecule has 0 atom stereocenters. The maximum absolute atomic E-state index is 4.44. The summed E-state index contributed by atoms with van der Waals surface area (Å²) in [4.78, 5) is 8.85. The Labute approximate surface area is 86.0 Å². The van der Waals surface area contributed by atoms with Crippen molar-refractivity contribution in [2.24, 2.45) is 5.92 Å². The molecule has 14 heavy (non-hydrogen) atoms. The molecule has 1 heterocycles. The van der Waals surface area contributed by atoms with Gasteiger partial charge in [-0.15, -0.1) is 0 Å². The first-order valence-electron chi connectivity index (χ1n) is 5.20. The van der Waals surface area contributed by atoms with Crippen LogP contribution in [0.15, 0.2) is 6.07 Å². The molecule has 0 saturated carbocycles. The van der Waals surface area contributed by atoms with E-state index in [0.717, 1.165) is 30.3 Å². The molecule has 78 valence electrons. The number of nitrogens with zero attached hydrogens (tertiary/aromatic N) is 2. The zero-order valence-electron chi connectivity index (χ0n) is 9.46. The first kappa shape index (κ1) is 11.0. The fourth-order valence-electron chi connectivity index (χ4n) is 1.36. The van der Waals surface area contributed by atoms with Crippen molar-refractivity contribution in [3.05, 3.63) is 17.6 Å². The number of aryl methyl sites for hydroxylation is 1. The summed E-state index contributed by atoms with van der Waals surface area (Å²) in [6.07, 6.45) is 0.945. The van der Waals surface area contributed by atoms with E-state index in [4.69, 9.17) is 0 Å². The van der Waals surface area contributed by atoms with Crippen LogP contribution in [0, 0.1) is 12.8 Å². The van der Waals surface area contributed by atoms with Crippen molar-refractivity contribution in [2.75, 3.05) is 11.9 Å². The van der Waals surface area contributed by atoms with Crippen molar-refractivity contribution in [1.82, 2.24) is 9.97 Å². The fraction of sp³-hybridized carbons (Fsp3) is 0.636. The molecule has 0 aliphatic heterocycles. The molecule has 1 rings (SSSR count). The zero-order valence-corrected chi connectivity index (χ0v) is 9.46. The van der Waals surface area contributed by atoms with Gasteiger partial charge < -0.3 is 5.32 Å². The standard InChI is InChI=1S/C11H19N3/c1-5-12-10-7-9(4)13-11(14-10)6-8(2)3/h7-8H,5-6H2,1-4H3,(H,12,13,14). The third-order valence-electron chi connectivity index (χ3n) is 1.85. The van der Waals surface area contributed by atoms with Crippen molar-refractivity contribution in [1.29, 1.82) is 0 Å². The Morgan fingerprint density at radius 1 is 1.36 bits per heavy atom. The summed E-state index contributed by atoms with van der Waals surface area (Å²) < 4.78 is 0. The summed E-state index contributed by atoms with van der Waals surface area (Å²) in [5.41, 5.74) is 1.03. The average molecular weight is 193 g/mol. The highest BCUT2D eigenvalue weighted by molar-refractivity contribution is 5.35. The highest BCUT2D eigenvalue weighted by atomic mass is 15.0. The minimum absolute atomic E-state index is 0.603. The van der Waals surface area contributed by atoms with Gasteiger partial charge in [-0.2, -0.15) is 0 Å². The Balaban J connectivity index is 2.83. The summed E-state index contributed by atoms with van der Waals surface area (Å²) in [7, 11) is 0. The van der Waals surface area contributed by atoms with Crippen molar-refractivity contribution >= 4 is 5.82 Å². The summed E-state index contributed by atoms with van der Waals surface area (Å²) in [5.74, 6) is 2.48.